The Morgan fingerprint density at radius 2 is 1.27 bits per heavy atom. The topological polar surface area (TPSA) is 0 Å². The summed E-state index contributed by atoms with van der Waals surface area (Å²) in [6.45, 7) is 18.5. The van der Waals surface area contributed by atoms with E-state index < -0.39 is 0 Å². The molecule has 0 heteroatoms. The highest BCUT2D eigenvalue weighted by atomic mass is 14.2. The Labute approximate surface area is 99.2 Å². The van der Waals surface area contributed by atoms with Crippen molar-refractivity contribution < 1.29 is 0 Å². The van der Waals surface area contributed by atoms with Crippen molar-refractivity contribution in [2.75, 3.05) is 0 Å². The predicted molar refractivity (Wildman–Crippen MR) is 75.4 cm³/mol. The van der Waals surface area contributed by atoms with Crippen LogP contribution in [-0.4, -0.2) is 0 Å². The summed E-state index contributed by atoms with van der Waals surface area (Å²) in [5.41, 5.74) is 0.642. The lowest BCUT2D eigenvalue weighted by Crippen LogP contribution is -2.13. The van der Waals surface area contributed by atoms with Crippen LogP contribution in [0.3, 0.4) is 0 Å². The number of allylic oxidation sites excluding steroid dienone is 1. The van der Waals surface area contributed by atoms with Gasteiger partial charge in [-0.25, -0.2) is 0 Å². The molecule has 0 unspecified atom stereocenters. The minimum atomic E-state index is 0.642. The van der Waals surface area contributed by atoms with Crippen molar-refractivity contribution in [2.24, 2.45) is 5.41 Å². The molecule has 0 N–H and O–H groups in total. The van der Waals surface area contributed by atoms with E-state index in [9.17, 15) is 0 Å². The van der Waals surface area contributed by atoms with Crippen molar-refractivity contribution in [1.29, 1.82) is 0 Å². The second-order valence-corrected chi connectivity index (χ2v) is 4.07. The summed E-state index contributed by atoms with van der Waals surface area (Å²) in [7, 11) is 0. The summed E-state index contributed by atoms with van der Waals surface area (Å²) in [5, 5.41) is 0. The molecule has 0 nitrogen and oxygen atoms in total. The van der Waals surface area contributed by atoms with Gasteiger partial charge >= 0.3 is 0 Å². The third-order valence-corrected chi connectivity index (χ3v) is 2.56. The van der Waals surface area contributed by atoms with Crippen LogP contribution in [0.25, 0.3) is 0 Å². The maximum atomic E-state index is 3.36. The first kappa shape index (κ1) is 20.2. The summed E-state index contributed by atoms with van der Waals surface area (Å²) in [4.78, 5) is 0. The minimum Gasteiger partial charge on any atom is -0.103 e. The number of hydrogen-bond donors (Lipinski definition) is 0. The maximum Gasteiger partial charge on any atom is -0.0329 e. The Bertz CT molecular complexity index is 96.6. The molecule has 0 fully saturated rings. The average Bonchev–Trinajstić information content (AvgIpc) is 2.23. The molecule has 0 saturated heterocycles. The minimum absolute atomic E-state index is 0.642. The molecule has 15 heavy (non-hydrogen) atoms. The van der Waals surface area contributed by atoms with Crippen molar-refractivity contribution >= 4 is 0 Å². The largest absolute Gasteiger partial charge is 0.103 e. The Morgan fingerprint density at radius 3 is 1.40 bits per heavy atom. The summed E-state index contributed by atoms with van der Waals surface area (Å²) >= 11 is 0. The molecule has 0 aromatic heterocycles. The Morgan fingerprint density at radius 1 is 1.00 bits per heavy atom. The van der Waals surface area contributed by atoms with E-state index in [1.165, 1.54) is 32.1 Å². The molecule has 0 aliphatic carbocycles. The van der Waals surface area contributed by atoms with E-state index in [1.54, 1.807) is 6.08 Å². The van der Waals surface area contributed by atoms with Gasteiger partial charge in [-0.15, -0.1) is 6.58 Å². The molecule has 0 aromatic carbocycles. The lowest BCUT2D eigenvalue weighted by atomic mass is 9.79. The zero-order valence-electron chi connectivity index (χ0n) is 12.3. The highest BCUT2D eigenvalue weighted by Crippen LogP contribution is 2.32. The molecule has 0 aliphatic rings. The van der Waals surface area contributed by atoms with Gasteiger partial charge in [0.15, 0.2) is 0 Å². The van der Waals surface area contributed by atoms with Gasteiger partial charge in [0.2, 0.25) is 0 Å². The van der Waals surface area contributed by atoms with Gasteiger partial charge in [0.25, 0.3) is 0 Å². The monoisotopic (exact) mass is 214 g/mol. The van der Waals surface area contributed by atoms with E-state index in [-0.39, 0.29) is 0 Å². The third kappa shape index (κ3) is 16.4. The van der Waals surface area contributed by atoms with Gasteiger partial charge in [-0.2, -0.15) is 0 Å². The molecular formula is C15H34. The van der Waals surface area contributed by atoms with Gasteiger partial charge in [0.1, 0.15) is 0 Å². The maximum absolute atomic E-state index is 3.36. The number of rotatable bonds is 5. The van der Waals surface area contributed by atoms with Crippen LogP contribution in [0.15, 0.2) is 12.7 Å². The van der Waals surface area contributed by atoms with E-state index in [2.05, 4.69) is 34.3 Å². The van der Waals surface area contributed by atoms with Crippen molar-refractivity contribution in [3.05, 3.63) is 12.7 Å². The Balaban J connectivity index is -0.000000245. The smallest absolute Gasteiger partial charge is 0.0329 e. The first-order valence-electron chi connectivity index (χ1n) is 6.67. The summed E-state index contributed by atoms with van der Waals surface area (Å²) in [6, 6.07) is 0. The standard InChI is InChI=1S/C10H22.C3H6.C2H6/c1-5-8-10(4,7-3)9-6-2;1-3-2;1-2/h5-9H2,1-4H3;3H,1H2,2H3;1-2H3. The van der Waals surface area contributed by atoms with E-state index in [0.29, 0.717) is 5.41 Å². The van der Waals surface area contributed by atoms with Crippen molar-refractivity contribution in [1.82, 2.24) is 0 Å². The second-order valence-electron chi connectivity index (χ2n) is 4.07. The SMILES string of the molecule is C=CC.CC.CCCC(C)(CC)CCC. The fourth-order valence-electron chi connectivity index (χ4n) is 1.69. The van der Waals surface area contributed by atoms with Crippen LogP contribution in [0, 0.1) is 5.41 Å². The molecule has 0 saturated carbocycles. The second kappa shape index (κ2) is 16.2. The van der Waals surface area contributed by atoms with Gasteiger partial charge in [0, 0.05) is 0 Å². The molecule has 0 aromatic rings. The van der Waals surface area contributed by atoms with Crippen LogP contribution in [-0.2, 0) is 0 Å². The first-order chi connectivity index (χ1) is 7.10. The van der Waals surface area contributed by atoms with Crippen LogP contribution in [0.1, 0.15) is 80.6 Å². The quantitative estimate of drug-likeness (QED) is 0.476. The van der Waals surface area contributed by atoms with Gasteiger partial charge in [-0.1, -0.05) is 66.9 Å². The van der Waals surface area contributed by atoms with Gasteiger partial charge in [-0.3, -0.25) is 0 Å². The lowest BCUT2D eigenvalue weighted by molar-refractivity contribution is 0.255. The summed E-state index contributed by atoms with van der Waals surface area (Å²) in [5.74, 6) is 0. The molecular weight excluding hydrogens is 180 g/mol. The molecule has 94 valence electrons. The highest BCUT2D eigenvalue weighted by Gasteiger charge is 2.18. The molecule has 0 amide bonds. The normalized spacial score (nSPS) is 9.27. The molecule has 0 heterocycles. The molecule has 0 rings (SSSR count). The number of hydrogen-bond acceptors (Lipinski definition) is 0. The molecule has 0 aliphatic heterocycles. The molecule has 0 atom stereocenters. The van der Waals surface area contributed by atoms with Crippen LogP contribution >= 0.6 is 0 Å². The van der Waals surface area contributed by atoms with Gasteiger partial charge < -0.3 is 0 Å². The van der Waals surface area contributed by atoms with Crippen LogP contribution in [0.4, 0.5) is 0 Å². The van der Waals surface area contributed by atoms with E-state index in [1.807, 2.05) is 20.8 Å². The summed E-state index contributed by atoms with van der Waals surface area (Å²) in [6.07, 6.45) is 8.57. The molecule has 0 radical (unpaired) electrons. The summed E-state index contributed by atoms with van der Waals surface area (Å²) < 4.78 is 0. The average molecular weight is 214 g/mol. The van der Waals surface area contributed by atoms with E-state index in [4.69, 9.17) is 0 Å². The van der Waals surface area contributed by atoms with Crippen LogP contribution in [0.2, 0.25) is 0 Å². The van der Waals surface area contributed by atoms with Crippen LogP contribution < -0.4 is 0 Å². The molecule has 0 bridgehead atoms. The fourth-order valence-corrected chi connectivity index (χ4v) is 1.69. The van der Waals surface area contributed by atoms with Crippen molar-refractivity contribution in [3.63, 3.8) is 0 Å². The lowest BCUT2D eigenvalue weighted by Gasteiger charge is -2.27. The third-order valence-electron chi connectivity index (χ3n) is 2.56. The van der Waals surface area contributed by atoms with Crippen LogP contribution in [0.5, 0.6) is 0 Å². The van der Waals surface area contributed by atoms with Crippen molar-refractivity contribution in [3.8, 4) is 0 Å². The zero-order chi connectivity index (χ0) is 12.7. The Kier molecular flexibility index (Phi) is 21.8. The first-order valence-corrected chi connectivity index (χ1v) is 6.67. The predicted octanol–water partition coefficient (Wildman–Crippen LogP) is 6.22. The van der Waals surface area contributed by atoms with Gasteiger partial charge in [-0.05, 0) is 25.2 Å². The zero-order valence-corrected chi connectivity index (χ0v) is 12.3. The highest BCUT2D eigenvalue weighted by molar-refractivity contribution is 4.70. The van der Waals surface area contributed by atoms with E-state index >= 15 is 0 Å². The Hall–Kier alpha value is -0.260. The van der Waals surface area contributed by atoms with E-state index in [0.717, 1.165) is 0 Å². The van der Waals surface area contributed by atoms with Crippen molar-refractivity contribution in [2.45, 2.75) is 80.6 Å². The molecule has 0 spiro atoms. The fraction of sp³-hybridized carbons (Fsp3) is 0.867. The van der Waals surface area contributed by atoms with Gasteiger partial charge in [0.05, 0.1) is 0 Å².